The highest BCUT2D eigenvalue weighted by Gasteiger charge is 2.21. The fourth-order valence-corrected chi connectivity index (χ4v) is 2.99. The van der Waals surface area contributed by atoms with Gasteiger partial charge >= 0.3 is 12.1 Å². The summed E-state index contributed by atoms with van der Waals surface area (Å²) in [6.07, 6.45) is 0.0457. The van der Waals surface area contributed by atoms with Crippen molar-refractivity contribution in [3.8, 4) is 5.75 Å². The van der Waals surface area contributed by atoms with E-state index in [0.29, 0.717) is 29.6 Å². The van der Waals surface area contributed by atoms with Crippen LogP contribution >= 0.6 is 0 Å². The zero-order valence-electron chi connectivity index (χ0n) is 18.1. The van der Waals surface area contributed by atoms with E-state index in [9.17, 15) is 9.59 Å². The van der Waals surface area contributed by atoms with E-state index >= 15 is 0 Å². The number of nitrogen functional groups attached to an aromatic ring is 1. The molecule has 31 heavy (non-hydrogen) atoms. The van der Waals surface area contributed by atoms with Gasteiger partial charge in [0.05, 0.1) is 12.6 Å². The molecule has 4 N–H and O–H groups in total. The number of aromatic nitrogens is 2. The van der Waals surface area contributed by atoms with E-state index in [0.717, 1.165) is 16.0 Å². The third kappa shape index (κ3) is 5.65. The normalized spacial score (nSPS) is 11.2. The summed E-state index contributed by atoms with van der Waals surface area (Å²) in [6, 6.07) is 12.3. The second-order valence-electron chi connectivity index (χ2n) is 7.99. The van der Waals surface area contributed by atoms with Crippen LogP contribution in [0.1, 0.15) is 26.3 Å². The van der Waals surface area contributed by atoms with Gasteiger partial charge in [-0.1, -0.05) is 12.1 Å². The predicted octanol–water partition coefficient (Wildman–Crippen LogP) is 3.77. The van der Waals surface area contributed by atoms with Crippen molar-refractivity contribution >= 4 is 34.5 Å². The summed E-state index contributed by atoms with van der Waals surface area (Å²) in [5, 5.41) is 10.2. The first-order valence-electron chi connectivity index (χ1n) is 9.85. The first-order valence-corrected chi connectivity index (χ1v) is 9.85. The summed E-state index contributed by atoms with van der Waals surface area (Å²) < 4.78 is 11.7. The van der Waals surface area contributed by atoms with Crippen LogP contribution in [0, 0.1) is 0 Å². The molecule has 0 aliphatic carbocycles. The van der Waals surface area contributed by atoms with Gasteiger partial charge in [-0.3, -0.25) is 0 Å². The lowest BCUT2D eigenvalue weighted by atomic mass is 10.1. The second kappa shape index (κ2) is 8.95. The van der Waals surface area contributed by atoms with E-state index in [1.165, 1.54) is 0 Å². The summed E-state index contributed by atoms with van der Waals surface area (Å²) in [5.74, 6) is 0.947. The molecule has 0 atom stereocenters. The zero-order valence-corrected chi connectivity index (χ0v) is 18.1. The maximum atomic E-state index is 12.4. The number of benzene rings is 2. The van der Waals surface area contributed by atoms with Crippen LogP contribution in [0.3, 0.4) is 0 Å². The number of fused-ring (bicyclic) bond motifs is 1. The third-order valence-electron chi connectivity index (χ3n) is 4.37. The number of hydrogen-bond donors (Lipinski definition) is 3. The molecule has 0 spiro atoms. The predicted molar refractivity (Wildman–Crippen MR) is 119 cm³/mol. The summed E-state index contributed by atoms with van der Waals surface area (Å²) in [4.78, 5) is 24.6. The van der Waals surface area contributed by atoms with Crippen molar-refractivity contribution in [2.75, 3.05) is 24.7 Å². The van der Waals surface area contributed by atoms with Gasteiger partial charge in [0.25, 0.3) is 0 Å². The second-order valence-corrected chi connectivity index (χ2v) is 7.99. The highest BCUT2D eigenvalue weighted by molar-refractivity contribution is 5.99. The number of nitrogens with zero attached hydrogens (tertiary/aromatic N) is 2. The largest absolute Gasteiger partial charge is 0.497 e. The van der Waals surface area contributed by atoms with Crippen molar-refractivity contribution in [1.29, 1.82) is 0 Å². The van der Waals surface area contributed by atoms with E-state index in [1.54, 1.807) is 46.1 Å². The molecule has 0 fully saturated rings. The lowest BCUT2D eigenvalue weighted by Crippen LogP contribution is -2.30. The molecule has 2 amide bonds. The Balaban J connectivity index is 1.63. The molecule has 0 saturated heterocycles. The number of nitrogens with two attached hydrogens (primary N) is 1. The summed E-state index contributed by atoms with van der Waals surface area (Å²) in [7, 11) is 1.62. The number of carbonyl (C=O) groups is 2. The standard InChI is InChI=1S/C22H27N5O4/c1-22(2,3)31-21(29)27-18-9-8-15(13-17(18)19(23)26-27)25-20(28)24-11-10-14-6-5-7-16(12-14)30-4/h5-9,12-13H,10-11H2,1-4H3,(H2,23,26)(H2,24,25,28). The maximum absolute atomic E-state index is 12.4. The minimum absolute atomic E-state index is 0.169. The van der Waals surface area contributed by atoms with Crippen molar-refractivity contribution in [1.82, 2.24) is 15.1 Å². The number of urea groups is 1. The third-order valence-corrected chi connectivity index (χ3v) is 4.37. The SMILES string of the molecule is COc1cccc(CCNC(=O)Nc2ccc3c(c2)c(N)nn3C(=O)OC(C)(C)C)c1. The number of anilines is 2. The highest BCUT2D eigenvalue weighted by Crippen LogP contribution is 2.25. The molecule has 0 aliphatic heterocycles. The van der Waals surface area contributed by atoms with Gasteiger partial charge in [0.2, 0.25) is 0 Å². The van der Waals surface area contributed by atoms with Gasteiger partial charge in [-0.05, 0) is 63.1 Å². The quantitative estimate of drug-likeness (QED) is 0.572. The molecular formula is C22H27N5O4. The molecule has 3 rings (SSSR count). The monoisotopic (exact) mass is 425 g/mol. The average Bonchev–Trinajstić information content (AvgIpc) is 3.03. The van der Waals surface area contributed by atoms with Crippen LogP contribution in [-0.2, 0) is 11.2 Å². The molecule has 0 aliphatic rings. The van der Waals surface area contributed by atoms with Gasteiger partial charge in [-0.25, -0.2) is 9.59 Å². The van der Waals surface area contributed by atoms with E-state index in [2.05, 4.69) is 15.7 Å². The van der Waals surface area contributed by atoms with E-state index in [4.69, 9.17) is 15.2 Å². The Bertz CT molecular complexity index is 1100. The molecule has 1 aromatic heterocycles. The highest BCUT2D eigenvalue weighted by atomic mass is 16.6. The van der Waals surface area contributed by atoms with Crippen LogP contribution in [0.5, 0.6) is 5.75 Å². The van der Waals surface area contributed by atoms with Gasteiger partial charge in [-0.15, -0.1) is 5.10 Å². The van der Waals surface area contributed by atoms with Crippen LogP contribution in [-0.4, -0.2) is 41.2 Å². The van der Waals surface area contributed by atoms with Crippen molar-refractivity contribution in [3.05, 3.63) is 48.0 Å². The van der Waals surface area contributed by atoms with Crippen LogP contribution in [0.4, 0.5) is 21.1 Å². The zero-order chi connectivity index (χ0) is 22.6. The smallest absolute Gasteiger partial charge is 0.435 e. The van der Waals surface area contributed by atoms with Gasteiger partial charge < -0.3 is 25.8 Å². The molecule has 3 aromatic rings. The molecule has 0 unspecified atom stereocenters. The van der Waals surface area contributed by atoms with E-state index < -0.39 is 11.7 Å². The van der Waals surface area contributed by atoms with Crippen molar-refractivity contribution < 1.29 is 19.1 Å². The van der Waals surface area contributed by atoms with Crippen LogP contribution in [0.25, 0.3) is 10.9 Å². The van der Waals surface area contributed by atoms with E-state index in [1.807, 2.05) is 24.3 Å². The van der Waals surface area contributed by atoms with Gasteiger partial charge in [-0.2, -0.15) is 4.68 Å². The first kappa shape index (κ1) is 21.9. The molecule has 0 saturated carbocycles. The van der Waals surface area contributed by atoms with Crippen LogP contribution in [0.15, 0.2) is 42.5 Å². The Hall–Kier alpha value is -3.75. The van der Waals surface area contributed by atoms with Crippen molar-refractivity contribution in [3.63, 3.8) is 0 Å². The maximum Gasteiger partial charge on any atom is 0.435 e. The average molecular weight is 425 g/mol. The number of carbonyl (C=O) groups excluding carboxylic acids is 2. The minimum Gasteiger partial charge on any atom is -0.497 e. The molecule has 0 radical (unpaired) electrons. The van der Waals surface area contributed by atoms with Gasteiger partial charge in [0, 0.05) is 17.6 Å². The summed E-state index contributed by atoms with van der Waals surface area (Å²) in [5.41, 5.74) is 7.39. The number of nitrogens with one attached hydrogen (secondary N) is 2. The minimum atomic E-state index is -0.658. The van der Waals surface area contributed by atoms with Gasteiger partial charge in [0.1, 0.15) is 11.4 Å². The summed E-state index contributed by atoms with van der Waals surface area (Å²) >= 11 is 0. The lowest BCUT2D eigenvalue weighted by molar-refractivity contribution is 0.0523. The number of methoxy groups -OCH3 is 1. The Kier molecular flexibility index (Phi) is 6.33. The Labute approximate surface area is 180 Å². The Morgan fingerprint density at radius 2 is 1.94 bits per heavy atom. The number of rotatable bonds is 5. The molecule has 2 aromatic carbocycles. The van der Waals surface area contributed by atoms with E-state index in [-0.39, 0.29) is 11.8 Å². The van der Waals surface area contributed by atoms with Crippen molar-refractivity contribution in [2.24, 2.45) is 0 Å². The van der Waals surface area contributed by atoms with Gasteiger partial charge in [0.15, 0.2) is 5.82 Å². The molecule has 0 bridgehead atoms. The fraction of sp³-hybridized carbons (Fsp3) is 0.318. The Morgan fingerprint density at radius 3 is 2.65 bits per heavy atom. The molecule has 164 valence electrons. The molecule has 9 heteroatoms. The topological polar surface area (TPSA) is 120 Å². The number of amides is 2. The molecular weight excluding hydrogens is 398 g/mol. The number of hydrogen-bond acceptors (Lipinski definition) is 6. The van der Waals surface area contributed by atoms with Crippen LogP contribution in [0.2, 0.25) is 0 Å². The first-order chi connectivity index (χ1) is 14.7. The summed E-state index contributed by atoms with van der Waals surface area (Å²) in [6.45, 7) is 5.78. The molecule has 1 heterocycles. The lowest BCUT2D eigenvalue weighted by Gasteiger charge is -2.19. The van der Waals surface area contributed by atoms with Crippen molar-refractivity contribution in [2.45, 2.75) is 32.8 Å². The molecule has 9 nitrogen and oxygen atoms in total. The fourth-order valence-electron chi connectivity index (χ4n) is 2.99. The Morgan fingerprint density at radius 1 is 1.16 bits per heavy atom. The van der Waals surface area contributed by atoms with Crippen LogP contribution < -0.4 is 21.1 Å². The number of ether oxygens (including phenoxy) is 2.